The lowest BCUT2D eigenvalue weighted by atomic mass is 9.89. The van der Waals surface area contributed by atoms with E-state index >= 15 is 8.78 Å². The second kappa shape index (κ2) is 16.0. The molecule has 13 heteroatoms. The molecule has 4 saturated heterocycles. The number of hydrogen-bond donors (Lipinski definition) is 2. The zero-order chi connectivity index (χ0) is 45.4. The highest BCUT2D eigenvalue weighted by Crippen LogP contribution is 2.47. The number of pyridine rings is 1. The highest BCUT2D eigenvalue weighted by Gasteiger charge is 2.51. The Morgan fingerprint density at radius 2 is 1.70 bits per heavy atom. The van der Waals surface area contributed by atoms with Crippen LogP contribution in [0.3, 0.4) is 0 Å². The number of nitrogens with one attached hydrogen (secondary N) is 1. The first kappa shape index (κ1) is 38.8. The molecule has 6 heterocycles. The Balaban J connectivity index is 1.33. The van der Waals surface area contributed by atoms with Crippen LogP contribution in [-0.2, 0) is 4.74 Å². The van der Waals surface area contributed by atoms with Crippen molar-refractivity contribution in [3.8, 4) is 40.4 Å². The fourth-order valence-electron chi connectivity index (χ4n) is 11.9. The minimum atomic E-state index is -2.58. The molecule has 2 bridgehead atoms. The van der Waals surface area contributed by atoms with Gasteiger partial charge in [0.2, 0.25) is 5.88 Å². The van der Waals surface area contributed by atoms with Crippen molar-refractivity contribution in [3.63, 3.8) is 0 Å². The first-order chi connectivity index (χ1) is 29.7. The van der Waals surface area contributed by atoms with Crippen molar-refractivity contribution in [1.29, 1.82) is 0 Å². The summed E-state index contributed by atoms with van der Waals surface area (Å²) in [6, 6.07) is 5.75. The third-order valence-corrected chi connectivity index (χ3v) is 20.5. The lowest BCUT2D eigenvalue weighted by molar-refractivity contribution is 0.107. The number of piperazine rings is 1. The van der Waals surface area contributed by atoms with Crippen molar-refractivity contribution in [3.05, 3.63) is 41.5 Å². The molecule has 0 aliphatic carbocycles. The Morgan fingerprint density at radius 3 is 2.37 bits per heavy atom. The van der Waals surface area contributed by atoms with Crippen molar-refractivity contribution < 1.29 is 32.2 Å². The summed E-state index contributed by atoms with van der Waals surface area (Å²) >= 11 is 0. The molecule has 4 fully saturated rings. The number of benzene rings is 2. The van der Waals surface area contributed by atoms with E-state index < -0.39 is 32.3 Å². The van der Waals surface area contributed by atoms with Gasteiger partial charge < -0.3 is 29.5 Å². The van der Waals surface area contributed by atoms with E-state index in [9.17, 15) is 5.11 Å². The summed E-state index contributed by atoms with van der Waals surface area (Å²) in [6.07, 6.45) is 3.36. The molecule has 4 aliphatic rings. The fourth-order valence-corrected chi connectivity index (χ4v) is 17.1. The van der Waals surface area contributed by atoms with Crippen LogP contribution in [0.2, 0.25) is 16.6 Å². The standard InChI is InChI=1S/C47H62F2N6O4Si/c1-27(2)60(28(3)4,29(5)6)16-14-35-37(48)12-11-32-17-34(56)18-36(38(32)35)41-40(49)42-39(44(50-41)58-10)43(54-23-33-13-15-46(24-54,53-33)25-57-9)52-45(51-42)59-26-47-19-30(7)21-55(47)22-31(8)20-47/h11-12,17-18,27-31,33,53,56H,13,15,19-26H2,1-10H3/t30?,31?,33-,46+,47?/m1/s1/i9D3. The van der Waals surface area contributed by atoms with Crippen LogP contribution in [0.5, 0.6) is 17.6 Å². The lowest BCUT2D eigenvalue weighted by Gasteiger charge is -2.42. The van der Waals surface area contributed by atoms with Gasteiger partial charge in [0, 0.05) is 50.2 Å². The number of fused-ring (bicyclic) bond motifs is 5. The van der Waals surface area contributed by atoms with Crippen molar-refractivity contribution in [2.75, 3.05) is 58.4 Å². The number of anilines is 1. The number of nitrogens with zero attached hydrogens (tertiary/aromatic N) is 5. The van der Waals surface area contributed by atoms with E-state index in [0.29, 0.717) is 54.5 Å². The number of methoxy groups -OCH3 is 2. The van der Waals surface area contributed by atoms with Crippen molar-refractivity contribution in [2.45, 2.75) is 115 Å². The van der Waals surface area contributed by atoms with Gasteiger partial charge in [0.05, 0.1) is 34.5 Å². The Kier molecular flexibility index (Phi) is 10.3. The number of halogens is 2. The van der Waals surface area contributed by atoms with Crippen LogP contribution in [0.1, 0.15) is 90.7 Å². The molecule has 2 unspecified atom stereocenters. The van der Waals surface area contributed by atoms with E-state index in [1.807, 2.05) is 4.90 Å². The predicted octanol–water partition coefficient (Wildman–Crippen LogP) is 8.86. The minimum absolute atomic E-state index is 0.0153. The lowest BCUT2D eigenvalue weighted by Crippen LogP contribution is -2.61. The van der Waals surface area contributed by atoms with Gasteiger partial charge in [-0.15, -0.1) is 5.54 Å². The predicted molar refractivity (Wildman–Crippen MR) is 237 cm³/mol. The average Bonchev–Trinajstić information content (AvgIpc) is 3.80. The first-order valence-electron chi connectivity index (χ1n) is 23.2. The quantitative estimate of drug-likeness (QED) is 0.112. The first-order valence-corrected chi connectivity index (χ1v) is 23.9. The molecule has 2 aromatic carbocycles. The summed E-state index contributed by atoms with van der Waals surface area (Å²) < 4.78 is 75.5. The van der Waals surface area contributed by atoms with Crippen LogP contribution in [0.15, 0.2) is 24.3 Å². The van der Waals surface area contributed by atoms with Crippen LogP contribution in [-0.4, -0.2) is 104 Å². The number of aromatic hydroxyl groups is 1. The van der Waals surface area contributed by atoms with Gasteiger partial charge in [0.1, 0.15) is 48.7 Å². The summed E-state index contributed by atoms with van der Waals surface area (Å²) in [5, 5.41) is 15.7. The minimum Gasteiger partial charge on any atom is -0.508 e. The molecule has 4 aromatic rings. The molecule has 0 amide bonds. The number of phenols is 1. The highest BCUT2D eigenvalue weighted by molar-refractivity contribution is 6.90. The molecule has 0 radical (unpaired) electrons. The Bertz CT molecular complexity index is 2440. The maximum Gasteiger partial charge on any atom is 0.319 e. The van der Waals surface area contributed by atoms with E-state index in [2.05, 4.69) is 77.1 Å². The van der Waals surface area contributed by atoms with E-state index in [-0.39, 0.29) is 80.2 Å². The van der Waals surface area contributed by atoms with Crippen LogP contribution in [0, 0.1) is 34.9 Å². The van der Waals surface area contributed by atoms with Crippen LogP contribution in [0.4, 0.5) is 14.6 Å². The molecule has 4 atom stereocenters. The van der Waals surface area contributed by atoms with Crippen LogP contribution >= 0.6 is 0 Å². The molecule has 60 heavy (non-hydrogen) atoms. The van der Waals surface area contributed by atoms with Gasteiger partial charge in [-0.25, -0.2) is 13.8 Å². The fraction of sp³-hybridized carbons (Fsp3) is 0.596. The molecule has 322 valence electrons. The SMILES string of the molecule is [2H]C([2H])([2H])OC[C@]12CC[C@H](CN(c3nc(OCC45CC(C)CN4CC(C)C5)nc4c(F)c(-c5cc(O)cc6ccc(F)c(C#C[Si](C(C)C)(C(C)C)C(C)C)c56)nc(OC)c34)C1)N2. The molecule has 4 aliphatic heterocycles. The van der Waals surface area contributed by atoms with Crippen LogP contribution < -0.4 is 19.7 Å². The maximum absolute atomic E-state index is 17.9. The summed E-state index contributed by atoms with van der Waals surface area (Å²) in [5.41, 5.74) is 3.50. The van der Waals surface area contributed by atoms with Gasteiger partial charge in [-0.1, -0.05) is 67.4 Å². The molecule has 2 N–H and O–H groups in total. The number of hydrogen-bond acceptors (Lipinski definition) is 10. The van der Waals surface area contributed by atoms with Crippen molar-refractivity contribution >= 4 is 35.6 Å². The average molecular weight is 844 g/mol. The van der Waals surface area contributed by atoms with Gasteiger partial charge in [0.15, 0.2) is 5.82 Å². The summed E-state index contributed by atoms with van der Waals surface area (Å²) in [7, 11) is -3.49. The monoisotopic (exact) mass is 843 g/mol. The topological polar surface area (TPSA) is 105 Å². The Labute approximate surface area is 359 Å². The third kappa shape index (κ3) is 7.19. The summed E-state index contributed by atoms with van der Waals surface area (Å²) in [6.45, 7) is 20.6. The molecular weight excluding hydrogens is 779 g/mol. The maximum atomic E-state index is 17.9. The van der Waals surface area contributed by atoms with Gasteiger partial charge in [-0.2, -0.15) is 9.97 Å². The second-order valence-corrected chi connectivity index (χ2v) is 24.9. The Hall–Kier alpha value is -4.09. The van der Waals surface area contributed by atoms with Gasteiger partial charge in [-0.3, -0.25) is 4.90 Å². The van der Waals surface area contributed by atoms with E-state index in [1.54, 1.807) is 6.07 Å². The molecule has 0 saturated carbocycles. The van der Waals surface area contributed by atoms with E-state index in [1.165, 1.54) is 25.3 Å². The summed E-state index contributed by atoms with van der Waals surface area (Å²) in [5.74, 6) is 3.08. The molecule has 10 nitrogen and oxygen atoms in total. The Morgan fingerprint density at radius 1 is 0.983 bits per heavy atom. The number of rotatable bonds is 11. The highest BCUT2D eigenvalue weighted by atomic mass is 28.3. The smallest absolute Gasteiger partial charge is 0.319 e. The molecular formula is C47H62F2N6O4Si. The molecule has 8 rings (SSSR count). The number of ether oxygens (including phenoxy) is 3. The summed E-state index contributed by atoms with van der Waals surface area (Å²) in [4.78, 5) is 19.1. The van der Waals surface area contributed by atoms with Gasteiger partial charge in [-0.05, 0) is 77.7 Å². The molecule has 2 aromatic heterocycles. The zero-order valence-electron chi connectivity index (χ0n) is 39.5. The largest absolute Gasteiger partial charge is 0.508 e. The van der Waals surface area contributed by atoms with E-state index in [0.717, 1.165) is 32.4 Å². The second-order valence-electron chi connectivity index (χ2n) is 19.4. The van der Waals surface area contributed by atoms with Crippen molar-refractivity contribution in [1.82, 2.24) is 25.2 Å². The number of phenolic OH excluding ortho intramolecular Hbond substituents is 1. The molecule has 0 spiro atoms. The van der Waals surface area contributed by atoms with E-state index in [4.69, 9.17) is 33.3 Å². The normalized spacial score (nSPS) is 26.5. The third-order valence-electron chi connectivity index (χ3n) is 14.2. The number of aromatic nitrogens is 3. The van der Waals surface area contributed by atoms with Gasteiger partial charge >= 0.3 is 6.01 Å². The van der Waals surface area contributed by atoms with Crippen molar-refractivity contribution in [2.24, 2.45) is 11.8 Å². The zero-order valence-corrected chi connectivity index (χ0v) is 37.5. The van der Waals surface area contributed by atoms with Gasteiger partial charge in [0.25, 0.3) is 0 Å². The van der Waals surface area contributed by atoms with Crippen LogP contribution in [0.25, 0.3) is 32.9 Å².